The molecular weight excluding hydrogens is 633 g/mol. The molecule has 3 aromatic rings. The fraction of sp³-hybridized carbons (Fsp3) is 0.419. The average molecular weight is 661 g/mol. The van der Waals surface area contributed by atoms with Crippen molar-refractivity contribution in [2.24, 2.45) is 29.6 Å². The van der Waals surface area contributed by atoms with E-state index in [-0.39, 0.29) is 47.0 Å². The van der Waals surface area contributed by atoms with E-state index in [1.807, 2.05) is 6.07 Å². The van der Waals surface area contributed by atoms with Crippen LogP contribution >= 0.6 is 23.1 Å². The normalized spacial score (nSPS) is 28.1. The Morgan fingerprint density at radius 2 is 1.78 bits per heavy atom. The van der Waals surface area contributed by atoms with E-state index in [2.05, 4.69) is 4.98 Å². The molecule has 1 aromatic heterocycles. The highest BCUT2D eigenvalue weighted by Gasteiger charge is 2.70. The zero-order chi connectivity index (χ0) is 31.8. The summed E-state index contributed by atoms with van der Waals surface area (Å²) in [5.74, 6) is -3.63. The summed E-state index contributed by atoms with van der Waals surface area (Å²) in [4.78, 5) is 56.5. The topological polar surface area (TPSA) is 115 Å². The lowest BCUT2D eigenvalue weighted by atomic mass is 9.68. The van der Waals surface area contributed by atoms with Crippen LogP contribution in [0.4, 0.5) is 18.9 Å². The number of alkyl halides is 3. The lowest BCUT2D eigenvalue weighted by molar-refractivity contribution is -0.145. The summed E-state index contributed by atoms with van der Waals surface area (Å²) in [5, 5.41) is 0.539. The molecule has 7 rings (SSSR count). The van der Waals surface area contributed by atoms with E-state index in [4.69, 9.17) is 14.2 Å². The van der Waals surface area contributed by atoms with Crippen molar-refractivity contribution < 1.29 is 41.8 Å². The SMILES string of the molecule is CCOC(=O)COc1ccc([C@H]2c3sc(=O)[nH]c3SC3C2[C@H]2C[C@@H]3C3C(=O)N(c4ccccc4C(F)(F)F)C(=O)C32)cc1OC. The van der Waals surface area contributed by atoms with Crippen molar-refractivity contribution in [2.75, 3.05) is 25.2 Å². The summed E-state index contributed by atoms with van der Waals surface area (Å²) in [6.45, 7) is 1.60. The molecular formula is C31H27F3N2O7S2. The van der Waals surface area contributed by atoms with Crippen LogP contribution in [0.3, 0.4) is 0 Å². The molecule has 4 unspecified atom stereocenters. The molecule has 0 radical (unpaired) electrons. The second-order valence-electron chi connectivity index (χ2n) is 11.5. The standard InChI is InChI=1S/C31H27F3N2O7S2/c1-3-42-20(37)12-43-18-9-8-13(10-19(18)41-2)21-22-14-11-15(25(22)44-27-26(21)45-30(40)35-27)24-23(14)28(38)36(29(24)39)17-7-5-4-6-16(17)31(32,33)34/h4-10,14-15,21-25H,3,11-12H2,1-2H3,(H,35,40)/t14-,15-,21-,22?,23?,24?,25?/m1/s1. The third-order valence-electron chi connectivity index (χ3n) is 9.37. The zero-order valence-electron chi connectivity index (χ0n) is 24.0. The Morgan fingerprint density at radius 3 is 2.49 bits per heavy atom. The van der Waals surface area contributed by atoms with Crippen LogP contribution in [0.1, 0.15) is 35.3 Å². The Morgan fingerprint density at radius 1 is 1.04 bits per heavy atom. The first-order valence-corrected chi connectivity index (χ1v) is 16.1. The fourth-order valence-corrected chi connectivity index (χ4v) is 10.8. The van der Waals surface area contributed by atoms with Crippen LogP contribution in [-0.4, -0.2) is 48.3 Å². The van der Waals surface area contributed by atoms with Crippen LogP contribution in [0, 0.1) is 29.6 Å². The molecule has 2 aromatic carbocycles. The number of thiazole rings is 1. The number of para-hydroxylation sites is 1. The van der Waals surface area contributed by atoms with Gasteiger partial charge in [0.1, 0.15) is 0 Å². The van der Waals surface area contributed by atoms with Crippen molar-refractivity contribution in [3.05, 3.63) is 68.1 Å². The molecule has 3 heterocycles. The summed E-state index contributed by atoms with van der Waals surface area (Å²) >= 11 is 2.56. The third kappa shape index (κ3) is 4.67. The van der Waals surface area contributed by atoms with Gasteiger partial charge in [-0.2, -0.15) is 13.2 Å². The highest BCUT2D eigenvalue weighted by atomic mass is 32.2. The van der Waals surface area contributed by atoms with E-state index in [0.29, 0.717) is 22.9 Å². The van der Waals surface area contributed by atoms with Crippen LogP contribution in [0.15, 0.2) is 52.3 Å². The van der Waals surface area contributed by atoms with Gasteiger partial charge in [-0.05, 0) is 60.9 Å². The Bertz CT molecular complexity index is 1770. The van der Waals surface area contributed by atoms with Crippen molar-refractivity contribution in [2.45, 2.75) is 35.7 Å². The van der Waals surface area contributed by atoms with Gasteiger partial charge in [0.25, 0.3) is 0 Å². The van der Waals surface area contributed by atoms with Gasteiger partial charge in [0.2, 0.25) is 11.8 Å². The van der Waals surface area contributed by atoms with Crippen molar-refractivity contribution in [1.82, 2.24) is 4.98 Å². The van der Waals surface area contributed by atoms with Crippen LogP contribution in [-0.2, 0) is 25.3 Å². The lowest BCUT2D eigenvalue weighted by Crippen LogP contribution is -2.42. The number of anilines is 1. The molecule has 2 saturated carbocycles. The van der Waals surface area contributed by atoms with E-state index >= 15 is 0 Å². The van der Waals surface area contributed by atoms with Crippen LogP contribution < -0.4 is 19.2 Å². The van der Waals surface area contributed by atoms with Crippen LogP contribution in [0.5, 0.6) is 11.5 Å². The summed E-state index contributed by atoms with van der Waals surface area (Å²) in [6, 6.07) is 9.96. The fourth-order valence-electron chi connectivity index (χ4n) is 7.87. The number of benzene rings is 2. The summed E-state index contributed by atoms with van der Waals surface area (Å²) in [7, 11) is 1.47. The largest absolute Gasteiger partial charge is 0.493 e. The van der Waals surface area contributed by atoms with E-state index in [1.54, 1.807) is 19.1 Å². The van der Waals surface area contributed by atoms with Gasteiger partial charge in [-0.15, -0.1) is 11.8 Å². The van der Waals surface area contributed by atoms with Crippen molar-refractivity contribution in [3.63, 3.8) is 0 Å². The van der Waals surface area contributed by atoms with Crippen molar-refractivity contribution >= 4 is 46.6 Å². The molecule has 14 heteroatoms. The number of hydrogen-bond acceptors (Lipinski definition) is 9. The second-order valence-corrected chi connectivity index (χ2v) is 13.7. The summed E-state index contributed by atoms with van der Waals surface area (Å²) in [6.07, 6.45) is -4.16. The van der Waals surface area contributed by atoms with Gasteiger partial charge in [-0.1, -0.05) is 29.5 Å². The highest BCUT2D eigenvalue weighted by Crippen LogP contribution is 2.69. The van der Waals surface area contributed by atoms with Gasteiger partial charge in [0.15, 0.2) is 18.1 Å². The number of methoxy groups -OCH3 is 1. The molecule has 2 aliphatic heterocycles. The Kier molecular flexibility index (Phi) is 7.27. The molecule has 4 aliphatic rings. The molecule has 3 fully saturated rings. The van der Waals surface area contributed by atoms with Gasteiger partial charge in [-0.3, -0.25) is 14.4 Å². The minimum atomic E-state index is -4.74. The minimum Gasteiger partial charge on any atom is -0.493 e. The maximum Gasteiger partial charge on any atom is 0.418 e. The van der Waals surface area contributed by atoms with E-state index < -0.39 is 47.0 Å². The van der Waals surface area contributed by atoms with Gasteiger partial charge in [0.05, 0.1) is 41.8 Å². The Labute approximate surface area is 263 Å². The number of halogens is 3. The van der Waals surface area contributed by atoms with E-state index in [0.717, 1.165) is 32.7 Å². The molecule has 2 bridgehead atoms. The van der Waals surface area contributed by atoms with Gasteiger partial charge in [-0.25, -0.2) is 9.69 Å². The van der Waals surface area contributed by atoms with Gasteiger partial charge < -0.3 is 19.2 Å². The number of ether oxygens (including phenoxy) is 3. The van der Waals surface area contributed by atoms with Crippen molar-refractivity contribution in [1.29, 1.82) is 0 Å². The smallest absolute Gasteiger partial charge is 0.418 e. The molecule has 7 atom stereocenters. The Balaban J connectivity index is 1.26. The molecule has 0 spiro atoms. The molecule has 1 N–H and O–H groups in total. The number of fused-ring (bicyclic) bond motifs is 9. The number of thioether (sulfide) groups is 1. The lowest BCUT2D eigenvalue weighted by Gasteiger charge is -2.43. The number of H-pyrrole nitrogens is 1. The molecule has 9 nitrogen and oxygen atoms in total. The number of carbonyl (C=O) groups is 3. The maximum absolute atomic E-state index is 14.0. The molecule has 236 valence electrons. The highest BCUT2D eigenvalue weighted by molar-refractivity contribution is 8.00. The summed E-state index contributed by atoms with van der Waals surface area (Å²) < 4.78 is 58.0. The number of aromatic amines is 1. The average Bonchev–Trinajstić information content (AvgIpc) is 3.74. The molecule has 2 amide bonds. The van der Waals surface area contributed by atoms with Crippen molar-refractivity contribution in [3.8, 4) is 11.5 Å². The van der Waals surface area contributed by atoms with Gasteiger partial charge >= 0.3 is 17.0 Å². The number of nitrogens with one attached hydrogen (secondary N) is 1. The number of rotatable bonds is 7. The predicted octanol–water partition coefficient (Wildman–Crippen LogP) is 5.08. The number of hydrogen-bond donors (Lipinski definition) is 1. The Hall–Kier alpha value is -3.78. The van der Waals surface area contributed by atoms with E-state index in [9.17, 15) is 32.3 Å². The minimum absolute atomic E-state index is 0.153. The van der Waals surface area contributed by atoms with E-state index in [1.165, 1.54) is 37.1 Å². The number of nitrogens with zero attached hydrogens (tertiary/aromatic N) is 1. The zero-order valence-corrected chi connectivity index (χ0v) is 25.6. The second kappa shape index (κ2) is 10.9. The van der Waals surface area contributed by atoms with Crippen LogP contribution in [0.2, 0.25) is 0 Å². The number of imide groups is 1. The molecule has 1 saturated heterocycles. The predicted molar refractivity (Wildman–Crippen MR) is 158 cm³/mol. The first kappa shape index (κ1) is 29.9. The number of amides is 2. The molecule has 45 heavy (non-hydrogen) atoms. The monoisotopic (exact) mass is 660 g/mol. The third-order valence-corrected chi connectivity index (χ3v) is 12.0. The number of aromatic nitrogens is 1. The number of carbonyl (C=O) groups excluding carboxylic acids is 3. The van der Waals surface area contributed by atoms with Gasteiger partial charge in [0, 0.05) is 16.0 Å². The first-order chi connectivity index (χ1) is 21.5. The summed E-state index contributed by atoms with van der Waals surface area (Å²) in [5.41, 5.74) is -0.671. The first-order valence-electron chi connectivity index (χ1n) is 14.4. The van der Waals surface area contributed by atoms with Crippen LogP contribution in [0.25, 0.3) is 0 Å². The quantitative estimate of drug-likeness (QED) is 0.276. The maximum atomic E-state index is 14.0. The number of esters is 1. The molecule has 2 aliphatic carbocycles.